The van der Waals surface area contributed by atoms with Crippen LogP contribution < -0.4 is 0 Å². The molecule has 0 amide bonds. The Morgan fingerprint density at radius 3 is 1.37 bits per heavy atom. The number of benzene rings is 10. The second-order valence-corrected chi connectivity index (χ2v) is 16.1. The van der Waals surface area contributed by atoms with E-state index in [2.05, 4.69) is 224 Å². The summed E-state index contributed by atoms with van der Waals surface area (Å²) in [6.07, 6.45) is 0. The van der Waals surface area contributed by atoms with Crippen molar-refractivity contribution < 1.29 is 0 Å². The summed E-state index contributed by atoms with van der Waals surface area (Å²) in [5, 5.41) is 9.74. The molecule has 4 nitrogen and oxygen atoms in total. The SMILES string of the molecule is Cc1cc(-c2nc(-c3cccc(-c4ccccc4-c4ccccc4)c3)nc(-c3ccc4c5ccccc5c5ccccc5c4c3)n2)cc(-n2c3ccccc3c3ccccc32)c1. The van der Waals surface area contributed by atoms with Gasteiger partial charge in [0.2, 0.25) is 0 Å². The van der Waals surface area contributed by atoms with Crippen LogP contribution in [0.5, 0.6) is 0 Å². The van der Waals surface area contributed by atoms with E-state index in [1.807, 2.05) is 0 Å². The first-order valence-corrected chi connectivity index (χ1v) is 21.1. The average molecular weight is 791 g/mol. The highest BCUT2D eigenvalue weighted by Crippen LogP contribution is 2.39. The number of para-hydroxylation sites is 2. The van der Waals surface area contributed by atoms with E-state index in [0.717, 1.165) is 50.1 Å². The van der Waals surface area contributed by atoms with Gasteiger partial charge in [-0.3, -0.25) is 0 Å². The predicted molar refractivity (Wildman–Crippen MR) is 259 cm³/mol. The van der Waals surface area contributed by atoms with Crippen LogP contribution in [0.4, 0.5) is 0 Å². The third-order valence-corrected chi connectivity index (χ3v) is 12.2. The lowest BCUT2D eigenvalue weighted by molar-refractivity contribution is 1.07. The van der Waals surface area contributed by atoms with Gasteiger partial charge in [0.25, 0.3) is 0 Å². The van der Waals surface area contributed by atoms with Gasteiger partial charge in [-0.1, -0.05) is 170 Å². The van der Waals surface area contributed by atoms with Gasteiger partial charge in [0.1, 0.15) is 0 Å². The minimum Gasteiger partial charge on any atom is -0.309 e. The number of hydrogen-bond acceptors (Lipinski definition) is 3. The molecule has 0 aliphatic heterocycles. The quantitative estimate of drug-likeness (QED) is 0.158. The first kappa shape index (κ1) is 35.7. The Hall–Kier alpha value is -8.21. The molecule has 2 aromatic heterocycles. The second-order valence-electron chi connectivity index (χ2n) is 16.1. The minimum atomic E-state index is 0.618. The molecule has 0 bridgehead atoms. The van der Waals surface area contributed by atoms with Gasteiger partial charge in [-0.05, 0) is 110 Å². The van der Waals surface area contributed by atoms with Crippen LogP contribution in [0.3, 0.4) is 0 Å². The molecule has 0 unspecified atom stereocenters. The highest BCUT2D eigenvalue weighted by Gasteiger charge is 2.18. The van der Waals surface area contributed by atoms with Crippen LogP contribution in [0.2, 0.25) is 0 Å². The summed E-state index contributed by atoms with van der Waals surface area (Å²) in [6.45, 7) is 2.15. The van der Waals surface area contributed by atoms with Crippen LogP contribution in [0.1, 0.15) is 5.56 Å². The fourth-order valence-electron chi connectivity index (χ4n) is 9.46. The molecule has 62 heavy (non-hydrogen) atoms. The van der Waals surface area contributed by atoms with Gasteiger partial charge in [0.05, 0.1) is 11.0 Å². The van der Waals surface area contributed by atoms with Crippen molar-refractivity contribution in [1.82, 2.24) is 19.5 Å². The molecule has 0 fully saturated rings. The lowest BCUT2D eigenvalue weighted by Gasteiger charge is -2.14. The van der Waals surface area contributed by atoms with Crippen molar-refractivity contribution in [2.45, 2.75) is 6.92 Å². The largest absolute Gasteiger partial charge is 0.309 e. The summed E-state index contributed by atoms with van der Waals surface area (Å²) < 4.78 is 2.36. The van der Waals surface area contributed by atoms with Crippen LogP contribution in [0.15, 0.2) is 212 Å². The van der Waals surface area contributed by atoms with E-state index in [1.165, 1.54) is 54.2 Å². The number of nitrogens with zero attached hydrogens (tertiary/aromatic N) is 4. The topological polar surface area (TPSA) is 43.6 Å². The van der Waals surface area contributed by atoms with Crippen LogP contribution >= 0.6 is 0 Å². The summed E-state index contributed by atoms with van der Waals surface area (Å²) in [5.74, 6) is 1.86. The zero-order chi connectivity index (χ0) is 41.1. The van der Waals surface area contributed by atoms with E-state index >= 15 is 0 Å². The molecule has 12 rings (SSSR count). The molecule has 0 spiro atoms. The van der Waals surface area contributed by atoms with Gasteiger partial charge in [-0.15, -0.1) is 0 Å². The maximum Gasteiger partial charge on any atom is 0.164 e. The summed E-state index contributed by atoms with van der Waals surface area (Å²) in [5.41, 5.74) is 11.9. The van der Waals surface area contributed by atoms with Gasteiger partial charge in [-0.2, -0.15) is 0 Å². The Bertz CT molecular complexity index is 3630. The summed E-state index contributed by atoms with van der Waals surface area (Å²) >= 11 is 0. The van der Waals surface area contributed by atoms with Crippen molar-refractivity contribution in [3.8, 4) is 62.1 Å². The van der Waals surface area contributed by atoms with E-state index in [9.17, 15) is 0 Å². The Morgan fingerprint density at radius 2 is 0.742 bits per heavy atom. The van der Waals surface area contributed by atoms with Gasteiger partial charge in [0, 0.05) is 33.2 Å². The lowest BCUT2D eigenvalue weighted by Crippen LogP contribution is -2.02. The monoisotopic (exact) mass is 790 g/mol. The standard InChI is InChI=1S/C58H38N4/c1-37-32-42(35-43(33-37)62-54-28-13-11-26-51(54)52-27-12-14-29-55(52)62)58-60-56(40-19-15-18-39(34-40)45-21-6-5-20-44(45)38-16-3-2-4-17-38)59-57(61-58)41-30-31-50-48-24-8-7-22-46(48)47-23-9-10-25-49(47)53(50)36-41/h2-36H,1H3. The third-order valence-electron chi connectivity index (χ3n) is 12.2. The molecule has 0 aliphatic rings. The zero-order valence-corrected chi connectivity index (χ0v) is 34.0. The molecule has 12 aromatic rings. The van der Waals surface area contributed by atoms with Crippen LogP contribution in [-0.2, 0) is 0 Å². The van der Waals surface area contributed by atoms with Crippen molar-refractivity contribution in [2.75, 3.05) is 0 Å². The maximum atomic E-state index is 5.34. The number of hydrogen-bond donors (Lipinski definition) is 0. The van der Waals surface area contributed by atoms with Gasteiger partial charge in [-0.25, -0.2) is 15.0 Å². The molecule has 10 aromatic carbocycles. The summed E-state index contributed by atoms with van der Waals surface area (Å²) in [7, 11) is 0. The molecule has 0 radical (unpaired) electrons. The average Bonchev–Trinajstić information content (AvgIpc) is 3.68. The van der Waals surface area contributed by atoms with Crippen molar-refractivity contribution in [3.63, 3.8) is 0 Å². The Morgan fingerprint density at radius 1 is 0.290 bits per heavy atom. The normalized spacial score (nSPS) is 11.6. The number of aromatic nitrogens is 4. The number of rotatable bonds is 6. The second kappa shape index (κ2) is 14.5. The molecular weight excluding hydrogens is 753 g/mol. The van der Waals surface area contributed by atoms with Crippen molar-refractivity contribution in [3.05, 3.63) is 218 Å². The molecule has 4 heteroatoms. The van der Waals surface area contributed by atoms with E-state index in [1.54, 1.807) is 0 Å². The Labute approximate surface area is 359 Å². The molecule has 0 aliphatic carbocycles. The highest BCUT2D eigenvalue weighted by molar-refractivity contribution is 6.25. The molecule has 0 saturated carbocycles. The minimum absolute atomic E-state index is 0.618. The molecule has 2 heterocycles. The smallest absolute Gasteiger partial charge is 0.164 e. The molecule has 290 valence electrons. The van der Waals surface area contributed by atoms with E-state index in [-0.39, 0.29) is 0 Å². The number of aryl methyl sites for hydroxylation is 1. The summed E-state index contributed by atoms with van der Waals surface area (Å²) in [4.78, 5) is 16.0. The molecule has 0 atom stereocenters. The maximum absolute atomic E-state index is 5.34. The summed E-state index contributed by atoms with van der Waals surface area (Å²) in [6, 6.07) is 75.7. The van der Waals surface area contributed by atoms with Crippen molar-refractivity contribution in [2.24, 2.45) is 0 Å². The molecular formula is C58H38N4. The van der Waals surface area contributed by atoms with Gasteiger partial charge < -0.3 is 4.57 Å². The van der Waals surface area contributed by atoms with E-state index in [0.29, 0.717) is 17.5 Å². The highest BCUT2D eigenvalue weighted by atomic mass is 15.0. The fourth-order valence-corrected chi connectivity index (χ4v) is 9.46. The van der Waals surface area contributed by atoms with Crippen molar-refractivity contribution in [1.29, 1.82) is 0 Å². The number of fused-ring (bicyclic) bond motifs is 9. The third kappa shape index (κ3) is 5.95. The van der Waals surface area contributed by atoms with Crippen LogP contribution in [0, 0.1) is 6.92 Å². The first-order valence-electron chi connectivity index (χ1n) is 21.1. The molecule has 0 saturated heterocycles. The first-order chi connectivity index (χ1) is 30.6. The lowest BCUT2D eigenvalue weighted by atomic mass is 9.93. The van der Waals surface area contributed by atoms with Crippen molar-refractivity contribution >= 4 is 54.1 Å². The van der Waals surface area contributed by atoms with Crippen LogP contribution in [0.25, 0.3) is 116 Å². The fraction of sp³-hybridized carbons (Fsp3) is 0.0172. The Kier molecular flexibility index (Phi) is 8.36. The zero-order valence-electron chi connectivity index (χ0n) is 34.0. The Balaban J connectivity index is 1.08. The van der Waals surface area contributed by atoms with E-state index in [4.69, 9.17) is 15.0 Å². The molecule has 0 N–H and O–H groups in total. The predicted octanol–water partition coefficient (Wildman–Crippen LogP) is 15.1. The van der Waals surface area contributed by atoms with E-state index < -0.39 is 0 Å². The van der Waals surface area contributed by atoms with Crippen LogP contribution in [-0.4, -0.2) is 19.5 Å². The van der Waals surface area contributed by atoms with Gasteiger partial charge in [0.15, 0.2) is 17.5 Å². The van der Waals surface area contributed by atoms with Gasteiger partial charge >= 0.3 is 0 Å².